The Bertz CT molecular complexity index is 1140. The summed E-state index contributed by atoms with van der Waals surface area (Å²) in [6, 6.07) is 10.2. The van der Waals surface area contributed by atoms with Crippen molar-refractivity contribution < 1.29 is 24.2 Å². The van der Waals surface area contributed by atoms with Gasteiger partial charge in [-0.1, -0.05) is 0 Å². The summed E-state index contributed by atoms with van der Waals surface area (Å²) in [4.78, 5) is 44.4. The first-order chi connectivity index (χ1) is 15.0. The minimum Gasteiger partial charge on any atom is -0.465 e. The van der Waals surface area contributed by atoms with Crippen LogP contribution in [0.5, 0.6) is 0 Å². The zero-order valence-electron chi connectivity index (χ0n) is 16.7. The fourth-order valence-electron chi connectivity index (χ4n) is 3.53. The lowest BCUT2D eigenvalue weighted by Gasteiger charge is -2.23. The maximum atomic E-state index is 12.9. The number of carbonyl (C=O) groups is 3. The summed E-state index contributed by atoms with van der Waals surface area (Å²) in [7, 11) is 0. The Morgan fingerprint density at radius 3 is 2.55 bits per heavy atom. The van der Waals surface area contributed by atoms with Gasteiger partial charge < -0.3 is 20.1 Å². The van der Waals surface area contributed by atoms with Crippen LogP contribution in [-0.2, 0) is 11.2 Å². The molecule has 3 heterocycles. The monoisotopic (exact) mass is 420 g/mol. The lowest BCUT2D eigenvalue weighted by molar-refractivity contribution is 0.0525. The molecular formula is C22H20N4O5. The van der Waals surface area contributed by atoms with Gasteiger partial charge in [0.15, 0.2) is 0 Å². The smallest absolute Gasteiger partial charge is 0.414 e. The minimum atomic E-state index is -1.29. The number of pyridine rings is 1. The normalized spacial score (nSPS) is 12.9. The van der Waals surface area contributed by atoms with Crippen LogP contribution in [0, 0.1) is 0 Å². The molecule has 0 atom stereocenters. The predicted octanol–water partition coefficient (Wildman–Crippen LogP) is 3.67. The number of H-pyrrole nitrogens is 1. The zero-order chi connectivity index (χ0) is 22.0. The van der Waals surface area contributed by atoms with Gasteiger partial charge in [0.05, 0.1) is 29.1 Å². The van der Waals surface area contributed by atoms with Crippen LogP contribution in [0.15, 0.2) is 48.8 Å². The van der Waals surface area contributed by atoms with Crippen molar-refractivity contribution in [1.82, 2.24) is 14.9 Å². The van der Waals surface area contributed by atoms with Crippen LogP contribution in [0.3, 0.4) is 0 Å². The Labute approximate surface area is 177 Å². The van der Waals surface area contributed by atoms with E-state index in [1.54, 1.807) is 55.7 Å². The van der Waals surface area contributed by atoms with Crippen molar-refractivity contribution in [2.45, 2.75) is 13.3 Å². The highest BCUT2D eigenvalue weighted by atomic mass is 16.5. The number of carbonyl (C=O) groups excluding carboxylic acids is 2. The number of anilines is 2. The second kappa shape index (κ2) is 8.31. The number of aromatic amines is 1. The molecule has 1 aliphatic rings. The summed E-state index contributed by atoms with van der Waals surface area (Å²) in [5.74, 6) is -1.01. The number of nitrogens with zero attached hydrogens (tertiary/aromatic N) is 2. The predicted molar refractivity (Wildman–Crippen MR) is 112 cm³/mol. The summed E-state index contributed by atoms with van der Waals surface area (Å²) in [6.45, 7) is 2.11. The van der Waals surface area contributed by atoms with Crippen LogP contribution in [0.4, 0.5) is 16.2 Å². The summed E-state index contributed by atoms with van der Waals surface area (Å²) < 4.78 is 5.00. The number of ether oxygens (including phenoxy) is 1. The van der Waals surface area contributed by atoms with Crippen molar-refractivity contribution in [3.05, 3.63) is 65.6 Å². The lowest BCUT2D eigenvalue weighted by atomic mass is 10.0. The van der Waals surface area contributed by atoms with E-state index in [1.807, 2.05) is 0 Å². The number of carboxylic acid groups (broad SMARTS) is 1. The minimum absolute atomic E-state index is 0.0884. The van der Waals surface area contributed by atoms with Gasteiger partial charge in [0.2, 0.25) is 0 Å². The molecule has 158 valence electrons. The van der Waals surface area contributed by atoms with Crippen LogP contribution in [0.2, 0.25) is 0 Å². The molecule has 0 bridgehead atoms. The quantitative estimate of drug-likeness (QED) is 0.538. The molecule has 0 aliphatic carbocycles. The van der Waals surface area contributed by atoms with Gasteiger partial charge in [-0.25, -0.2) is 14.5 Å². The molecular weight excluding hydrogens is 400 g/mol. The zero-order valence-corrected chi connectivity index (χ0v) is 16.7. The molecule has 0 saturated carbocycles. The molecule has 2 aromatic heterocycles. The molecule has 4 rings (SSSR count). The van der Waals surface area contributed by atoms with E-state index in [-0.39, 0.29) is 18.7 Å². The maximum Gasteiger partial charge on any atom is 0.414 e. The number of nitrogens with one attached hydrogen (secondary N) is 2. The molecule has 9 nitrogen and oxygen atoms in total. The first-order valence-electron chi connectivity index (χ1n) is 9.73. The molecule has 0 radical (unpaired) electrons. The SMILES string of the molecule is CCOC(=O)c1ccc(Nc2c(-c3ccncc3)[nH]c3c2C(=O)N(C(=O)O)CC3)cc1. The molecule has 3 aromatic rings. The number of esters is 1. The van der Waals surface area contributed by atoms with Gasteiger partial charge >= 0.3 is 12.1 Å². The highest BCUT2D eigenvalue weighted by Crippen LogP contribution is 2.38. The van der Waals surface area contributed by atoms with Crippen LogP contribution >= 0.6 is 0 Å². The van der Waals surface area contributed by atoms with Gasteiger partial charge in [-0.3, -0.25) is 9.78 Å². The number of hydrogen-bond donors (Lipinski definition) is 3. The van der Waals surface area contributed by atoms with Crippen molar-refractivity contribution in [1.29, 1.82) is 0 Å². The Hall–Kier alpha value is -4.14. The van der Waals surface area contributed by atoms with Crippen molar-refractivity contribution in [2.75, 3.05) is 18.5 Å². The third-order valence-corrected chi connectivity index (χ3v) is 4.99. The number of rotatable bonds is 5. The number of hydrogen-bond acceptors (Lipinski definition) is 6. The largest absolute Gasteiger partial charge is 0.465 e. The van der Waals surface area contributed by atoms with Gasteiger partial charge in [-0.15, -0.1) is 0 Å². The molecule has 0 unspecified atom stereocenters. The average Bonchev–Trinajstić information content (AvgIpc) is 3.14. The fourth-order valence-corrected chi connectivity index (χ4v) is 3.53. The second-order valence-electron chi connectivity index (χ2n) is 6.88. The van der Waals surface area contributed by atoms with Crippen LogP contribution in [-0.4, -0.2) is 51.1 Å². The standard InChI is InChI=1S/C22H20N4O5/c1-2-31-21(28)14-3-5-15(6-4-14)24-19-17-16(9-12-26(20(17)27)22(29)30)25-18(19)13-7-10-23-11-8-13/h3-8,10-11,24-25H,2,9,12H2,1H3,(H,29,30). The topological polar surface area (TPSA) is 125 Å². The van der Waals surface area contributed by atoms with Crippen LogP contribution < -0.4 is 5.32 Å². The summed E-state index contributed by atoms with van der Waals surface area (Å²) >= 11 is 0. The Balaban J connectivity index is 1.75. The van der Waals surface area contributed by atoms with E-state index in [4.69, 9.17) is 4.74 Å². The Morgan fingerprint density at radius 1 is 1.19 bits per heavy atom. The van der Waals surface area contributed by atoms with Crippen molar-refractivity contribution >= 4 is 29.3 Å². The van der Waals surface area contributed by atoms with Gasteiger partial charge in [0.1, 0.15) is 0 Å². The molecule has 1 aliphatic heterocycles. The molecule has 1 aromatic carbocycles. The van der Waals surface area contributed by atoms with E-state index >= 15 is 0 Å². The molecule has 31 heavy (non-hydrogen) atoms. The van der Waals surface area contributed by atoms with E-state index in [0.29, 0.717) is 34.7 Å². The first-order valence-corrected chi connectivity index (χ1v) is 9.73. The fraction of sp³-hybridized carbons (Fsp3) is 0.182. The number of fused-ring (bicyclic) bond motifs is 1. The van der Waals surface area contributed by atoms with Crippen LogP contribution in [0.1, 0.15) is 33.3 Å². The highest BCUT2D eigenvalue weighted by Gasteiger charge is 2.34. The van der Waals surface area contributed by atoms with Gasteiger partial charge in [0.25, 0.3) is 5.91 Å². The molecule has 0 fully saturated rings. The number of imide groups is 1. The van der Waals surface area contributed by atoms with E-state index in [0.717, 1.165) is 10.5 Å². The third-order valence-electron chi connectivity index (χ3n) is 4.99. The summed E-state index contributed by atoms with van der Waals surface area (Å²) in [5.41, 5.74) is 3.92. The van der Waals surface area contributed by atoms with Gasteiger partial charge in [-0.2, -0.15) is 0 Å². The Morgan fingerprint density at radius 2 is 1.90 bits per heavy atom. The highest BCUT2D eigenvalue weighted by molar-refractivity contribution is 6.10. The van der Waals surface area contributed by atoms with Gasteiger partial charge in [0, 0.05) is 42.3 Å². The van der Waals surface area contributed by atoms with E-state index in [9.17, 15) is 19.5 Å². The molecule has 0 spiro atoms. The number of benzene rings is 1. The van der Waals surface area contributed by atoms with Crippen molar-refractivity contribution in [3.8, 4) is 11.3 Å². The molecule has 9 heteroatoms. The average molecular weight is 420 g/mol. The first kappa shape index (κ1) is 20.1. The van der Waals surface area contributed by atoms with E-state index in [1.165, 1.54) is 0 Å². The molecule has 0 saturated heterocycles. The second-order valence-corrected chi connectivity index (χ2v) is 6.88. The van der Waals surface area contributed by atoms with Crippen molar-refractivity contribution in [2.24, 2.45) is 0 Å². The molecule has 2 amide bonds. The summed E-state index contributed by atoms with van der Waals surface area (Å²) in [6.07, 6.45) is 2.37. The summed E-state index contributed by atoms with van der Waals surface area (Å²) in [5, 5.41) is 12.6. The lowest BCUT2D eigenvalue weighted by Crippen LogP contribution is -2.41. The Kier molecular flexibility index (Phi) is 5.40. The molecule has 3 N–H and O–H groups in total. The van der Waals surface area contributed by atoms with Crippen molar-refractivity contribution in [3.63, 3.8) is 0 Å². The number of aromatic nitrogens is 2. The number of amides is 2. The van der Waals surface area contributed by atoms with E-state index in [2.05, 4.69) is 15.3 Å². The van der Waals surface area contributed by atoms with E-state index < -0.39 is 18.0 Å². The maximum absolute atomic E-state index is 12.9. The van der Waals surface area contributed by atoms with Crippen LogP contribution in [0.25, 0.3) is 11.3 Å². The van der Waals surface area contributed by atoms with Gasteiger partial charge in [-0.05, 0) is 43.3 Å². The third kappa shape index (κ3) is 3.85.